The van der Waals surface area contributed by atoms with Crippen molar-refractivity contribution >= 4 is 34.2 Å². The number of rotatable bonds is 8. The maximum absolute atomic E-state index is 14.2. The van der Waals surface area contributed by atoms with Crippen molar-refractivity contribution in [3.05, 3.63) is 108 Å². The van der Waals surface area contributed by atoms with E-state index in [-0.39, 0.29) is 12.2 Å². The summed E-state index contributed by atoms with van der Waals surface area (Å²) in [5.74, 6) is 0.615. The summed E-state index contributed by atoms with van der Waals surface area (Å²) in [5, 5.41) is 2.05. The fourth-order valence-corrected chi connectivity index (χ4v) is 6.23. The molecule has 0 amide bonds. The highest BCUT2D eigenvalue weighted by atomic mass is 32.1. The van der Waals surface area contributed by atoms with Crippen LogP contribution in [0.4, 0.5) is 0 Å². The number of fused-ring (bicyclic) bond motifs is 2. The average molecular weight is 555 g/mol. The minimum absolute atomic E-state index is 0.200. The molecule has 0 radical (unpaired) electrons. The summed E-state index contributed by atoms with van der Waals surface area (Å²) < 4.78 is 13.4. The smallest absolute Gasteiger partial charge is 0.338 e. The highest BCUT2D eigenvalue weighted by molar-refractivity contribution is 7.07. The molecule has 0 spiro atoms. The number of methoxy groups -OCH3 is 1. The fourth-order valence-electron chi connectivity index (χ4n) is 5.23. The van der Waals surface area contributed by atoms with Gasteiger partial charge in [0.15, 0.2) is 4.80 Å². The molecule has 0 unspecified atom stereocenters. The van der Waals surface area contributed by atoms with Crippen LogP contribution in [-0.2, 0) is 9.53 Å². The van der Waals surface area contributed by atoms with E-state index < -0.39 is 12.0 Å². The lowest BCUT2D eigenvalue weighted by molar-refractivity contribution is -0.139. The van der Waals surface area contributed by atoms with Crippen LogP contribution in [0.25, 0.3) is 16.8 Å². The van der Waals surface area contributed by atoms with Gasteiger partial charge in [0.1, 0.15) is 5.75 Å². The molecule has 206 valence electrons. The fraction of sp³-hybridized carbons (Fsp3) is 0.303. The molecule has 1 aliphatic heterocycles. The van der Waals surface area contributed by atoms with Gasteiger partial charge in [0.05, 0.1) is 35.6 Å². The zero-order valence-electron chi connectivity index (χ0n) is 23.6. The molecule has 1 aromatic heterocycles. The van der Waals surface area contributed by atoms with Gasteiger partial charge < -0.3 is 9.47 Å². The largest absolute Gasteiger partial charge is 0.496 e. The van der Waals surface area contributed by atoms with E-state index in [2.05, 4.69) is 32.9 Å². The van der Waals surface area contributed by atoms with Crippen LogP contribution in [0.5, 0.6) is 5.75 Å². The summed E-state index contributed by atoms with van der Waals surface area (Å²) in [6, 6.07) is 19.5. The van der Waals surface area contributed by atoms with Gasteiger partial charge in [-0.2, -0.15) is 0 Å². The maximum atomic E-state index is 14.2. The first kappa shape index (κ1) is 27.6. The summed E-state index contributed by atoms with van der Waals surface area (Å²) >= 11 is 1.33. The molecule has 0 saturated carbocycles. The molecule has 0 bridgehead atoms. The van der Waals surface area contributed by atoms with Crippen LogP contribution < -0.4 is 19.6 Å². The number of carbonyl (C=O) groups is 1. The molecule has 1 atom stereocenters. The highest BCUT2D eigenvalue weighted by Crippen LogP contribution is 2.33. The number of carbonyl (C=O) groups excluding carboxylic acids is 1. The number of nitrogens with zero attached hydrogens (tertiary/aromatic N) is 2. The molecule has 3 aromatic carbocycles. The molecule has 40 heavy (non-hydrogen) atoms. The number of allylic oxidation sites excluding steroid dienone is 1. The Labute approximate surface area is 237 Å². The van der Waals surface area contributed by atoms with E-state index in [1.807, 2.05) is 54.6 Å². The normalized spacial score (nSPS) is 15.3. The summed E-state index contributed by atoms with van der Waals surface area (Å²) in [6.45, 7) is 8.37. The summed E-state index contributed by atoms with van der Waals surface area (Å²) in [6.07, 6.45) is 3.30. The molecule has 5 rings (SSSR count). The van der Waals surface area contributed by atoms with E-state index in [1.54, 1.807) is 18.6 Å². The lowest BCUT2D eigenvalue weighted by atomic mass is 9.92. The van der Waals surface area contributed by atoms with E-state index in [4.69, 9.17) is 14.5 Å². The van der Waals surface area contributed by atoms with Crippen LogP contribution in [-0.4, -0.2) is 24.3 Å². The van der Waals surface area contributed by atoms with Gasteiger partial charge in [-0.15, -0.1) is 0 Å². The van der Waals surface area contributed by atoms with Crippen molar-refractivity contribution in [1.82, 2.24) is 4.57 Å². The first-order valence-electron chi connectivity index (χ1n) is 13.7. The van der Waals surface area contributed by atoms with Gasteiger partial charge in [-0.1, -0.05) is 93.1 Å². The molecule has 0 fully saturated rings. The second-order valence-corrected chi connectivity index (χ2v) is 11.1. The number of hydrogen-bond donors (Lipinski definition) is 0. The first-order chi connectivity index (χ1) is 19.4. The predicted octanol–water partition coefficient (Wildman–Crippen LogP) is 5.86. The third-order valence-electron chi connectivity index (χ3n) is 7.24. The Morgan fingerprint density at radius 1 is 1.07 bits per heavy atom. The highest BCUT2D eigenvalue weighted by Gasteiger charge is 2.34. The molecule has 0 N–H and O–H groups in total. The van der Waals surface area contributed by atoms with Crippen molar-refractivity contribution in [2.45, 2.75) is 52.5 Å². The van der Waals surface area contributed by atoms with Gasteiger partial charge >= 0.3 is 5.97 Å². The minimum atomic E-state index is -0.630. The summed E-state index contributed by atoms with van der Waals surface area (Å²) in [4.78, 5) is 33.0. The SMILES string of the molecule is CCCC1=C(C(=O)OCC)[C@@H](c2ccc(C(C)C)cc2)n2c(s/c(=C/c3c(OC)ccc4ccccc34)c2=O)=N1. The van der Waals surface area contributed by atoms with E-state index >= 15 is 0 Å². The summed E-state index contributed by atoms with van der Waals surface area (Å²) in [7, 11) is 1.63. The van der Waals surface area contributed by atoms with Crippen LogP contribution in [0.1, 0.15) is 69.2 Å². The standard InChI is InChI=1S/C33H34N2O4S/c1-6-10-26-29(32(37)39-7-2)30(23-15-13-21(14-16-23)20(3)4)35-31(36)28(40-33(35)34-26)19-25-24-12-9-8-11-22(24)17-18-27(25)38-5/h8-9,11-20,30H,6-7,10H2,1-5H3/b28-19+/t30-/m1/s1. The molecule has 4 aromatic rings. The van der Waals surface area contributed by atoms with E-state index in [1.165, 1.54) is 16.9 Å². The first-order valence-corrected chi connectivity index (χ1v) is 14.6. The molecule has 0 aliphatic carbocycles. The Balaban J connectivity index is 1.79. The maximum Gasteiger partial charge on any atom is 0.338 e. The monoisotopic (exact) mass is 554 g/mol. The van der Waals surface area contributed by atoms with E-state index in [9.17, 15) is 9.59 Å². The lowest BCUT2D eigenvalue weighted by Gasteiger charge is -2.26. The van der Waals surface area contributed by atoms with Gasteiger partial charge in [0, 0.05) is 5.56 Å². The van der Waals surface area contributed by atoms with Crippen LogP contribution in [0, 0.1) is 0 Å². The number of aromatic nitrogens is 1. The minimum Gasteiger partial charge on any atom is -0.496 e. The van der Waals surface area contributed by atoms with Crippen molar-refractivity contribution < 1.29 is 14.3 Å². The quantitative estimate of drug-likeness (QED) is 0.256. The van der Waals surface area contributed by atoms with Crippen molar-refractivity contribution in [1.29, 1.82) is 0 Å². The Morgan fingerprint density at radius 2 is 1.82 bits per heavy atom. The molecule has 2 heterocycles. The van der Waals surface area contributed by atoms with E-state index in [0.29, 0.717) is 38.7 Å². The summed E-state index contributed by atoms with van der Waals surface area (Å²) in [5.41, 5.74) is 3.79. The van der Waals surface area contributed by atoms with Gasteiger partial charge in [-0.3, -0.25) is 9.36 Å². The molecule has 7 heteroatoms. The molecule has 6 nitrogen and oxygen atoms in total. The van der Waals surface area contributed by atoms with Crippen LogP contribution in [0.2, 0.25) is 0 Å². The van der Waals surface area contributed by atoms with Crippen molar-refractivity contribution in [2.24, 2.45) is 4.99 Å². The Kier molecular flexibility index (Phi) is 8.03. The van der Waals surface area contributed by atoms with Crippen LogP contribution in [0.15, 0.2) is 81.7 Å². The molecular formula is C33H34N2O4S. The molecule has 1 aliphatic rings. The third-order valence-corrected chi connectivity index (χ3v) is 8.22. The van der Waals surface area contributed by atoms with Gasteiger partial charge in [0.25, 0.3) is 5.56 Å². The van der Waals surface area contributed by atoms with E-state index in [0.717, 1.165) is 28.3 Å². The second-order valence-electron chi connectivity index (χ2n) is 10.1. The number of benzene rings is 3. The lowest BCUT2D eigenvalue weighted by Crippen LogP contribution is -2.40. The topological polar surface area (TPSA) is 69.9 Å². The third kappa shape index (κ3) is 5.02. The molecule has 0 saturated heterocycles. The zero-order valence-corrected chi connectivity index (χ0v) is 24.4. The van der Waals surface area contributed by atoms with Crippen molar-refractivity contribution in [3.8, 4) is 5.75 Å². The number of hydrogen-bond acceptors (Lipinski definition) is 6. The number of esters is 1. The van der Waals surface area contributed by atoms with Gasteiger partial charge in [-0.05, 0) is 53.3 Å². The number of thiazole rings is 1. The van der Waals surface area contributed by atoms with Gasteiger partial charge in [0.2, 0.25) is 0 Å². The number of ether oxygens (including phenoxy) is 2. The van der Waals surface area contributed by atoms with Gasteiger partial charge in [-0.25, -0.2) is 9.79 Å². The zero-order chi connectivity index (χ0) is 28.4. The van der Waals surface area contributed by atoms with Crippen LogP contribution in [0.3, 0.4) is 0 Å². The Bertz CT molecular complexity index is 1780. The second kappa shape index (κ2) is 11.6. The average Bonchev–Trinajstić information content (AvgIpc) is 3.27. The van der Waals surface area contributed by atoms with Crippen LogP contribution >= 0.6 is 11.3 Å². The predicted molar refractivity (Wildman–Crippen MR) is 161 cm³/mol. The Hall–Kier alpha value is -3.97. The Morgan fingerprint density at radius 3 is 2.50 bits per heavy atom. The molecular weight excluding hydrogens is 520 g/mol. The van der Waals surface area contributed by atoms with Crippen molar-refractivity contribution in [3.63, 3.8) is 0 Å². The van der Waals surface area contributed by atoms with Crippen molar-refractivity contribution in [2.75, 3.05) is 13.7 Å².